The fourth-order valence-electron chi connectivity index (χ4n) is 1.86. The number of halogens is 2. The Hall–Kier alpha value is -0.690. The van der Waals surface area contributed by atoms with Crippen LogP contribution in [-0.2, 0) is 13.5 Å². The highest BCUT2D eigenvalue weighted by Crippen LogP contribution is 2.28. The summed E-state index contributed by atoms with van der Waals surface area (Å²) >= 11 is 7.00. The number of nitrogens with zero attached hydrogens (tertiary/aromatic N) is 2. The summed E-state index contributed by atoms with van der Waals surface area (Å²) in [6, 6.07) is 6.13. The Morgan fingerprint density at radius 3 is 2.78 bits per heavy atom. The molecule has 0 aliphatic heterocycles. The second-order valence-electron chi connectivity index (χ2n) is 4.11. The van der Waals surface area contributed by atoms with Crippen molar-refractivity contribution in [3.05, 3.63) is 50.7 Å². The summed E-state index contributed by atoms with van der Waals surface area (Å²) in [5.74, 6) is 5.66. The van der Waals surface area contributed by atoms with Crippen LogP contribution in [0.15, 0.2) is 39.5 Å². The minimum Gasteiger partial charge on any atom is -0.276 e. The fraction of sp³-hybridized carbons (Fsp3) is 0.250. The van der Waals surface area contributed by atoms with Crippen LogP contribution < -0.4 is 11.3 Å². The van der Waals surface area contributed by atoms with E-state index in [-0.39, 0.29) is 6.04 Å². The lowest BCUT2D eigenvalue weighted by molar-refractivity contribution is 0.549. The summed E-state index contributed by atoms with van der Waals surface area (Å²) in [5.41, 5.74) is 5.13. The molecule has 0 fully saturated rings. The smallest absolute Gasteiger partial charge is 0.0522 e. The predicted molar refractivity (Wildman–Crippen MR) is 78.8 cm³/mol. The highest BCUT2D eigenvalue weighted by molar-refractivity contribution is 9.11. The molecule has 0 radical (unpaired) electrons. The Kier molecular flexibility index (Phi) is 4.55. The minimum atomic E-state index is 0.0525. The van der Waals surface area contributed by atoms with Crippen LogP contribution in [0.25, 0.3) is 0 Å². The SMILES string of the molecule is Cn1cc(CC(NN)c2ccc(Br)cc2Br)cn1. The van der Waals surface area contributed by atoms with Crippen molar-refractivity contribution in [1.29, 1.82) is 0 Å². The van der Waals surface area contributed by atoms with Gasteiger partial charge in [-0.05, 0) is 29.7 Å². The highest BCUT2D eigenvalue weighted by Gasteiger charge is 2.14. The zero-order valence-electron chi connectivity index (χ0n) is 9.90. The molecular formula is C12H14Br2N4. The van der Waals surface area contributed by atoms with E-state index in [0.717, 1.165) is 26.5 Å². The molecule has 0 bridgehead atoms. The van der Waals surface area contributed by atoms with E-state index in [1.54, 1.807) is 4.68 Å². The molecule has 1 aromatic heterocycles. The van der Waals surface area contributed by atoms with Crippen molar-refractivity contribution in [1.82, 2.24) is 15.2 Å². The largest absolute Gasteiger partial charge is 0.276 e. The lowest BCUT2D eigenvalue weighted by Crippen LogP contribution is -2.29. The standard InChI is InChI=1S/C12H14Br2N4/c1-18-7-8(6-16-18)4-12(17-15)10-3-2-9(13)5-11(10)14/h2-3,5-7,12,17H,4,15H2,1H3. The number of benzene rings is 1. The number of hydrogen-bond acceptors (Lipinski definition) is 3. The van der Waals surface area contributed by atoms with E-state index in [9.17, 15) is 0 Å². The van der Waals surface area contributed by atoms with Gasteiger partial charge in [0.2, 0.25) is 0 Å². The van der Waals surface area contributed by atoms with Crippen LogP contribution in [-0.4, -0.2) is 9.78 Å². The van der Waals surface area contributed by atoms with Gasteiger partial charge in [-0.15, -0.1) is 0 Å². The number of rotatable bonds is 4. The Balaban J connectivity index is 2.22. The number of aromatic nitrogens is 2. The van der Waals surface area contributed by atoms with Gasteiger partial charge in [0, 0.05) is 22.2 Å². The lowest BCUT2D eigenvalue weighted by Gasteiger charge is -2.17. The normalized spacial score (nSPS) is 12.7. The molecule has 0 aliphatic rings. The molecule has 2 aromatic rings. The molecule has 0 aliphatic carbocycles. The summed E-state index contributed by atoms with van der Waals surface area (Å²) in [6.07, 6.45) is 4.65. The number of hydrogen-bond donors (Lipinski definition) is 2. The molecule has 1 unspecified atom stereocenters. The predicted octanol–water partition coefficient (Wildman–Crippen LogP) is 2.69. The van der Waals surface area contributed by atoms with Crippen molar-refractivity contribution in [2.75, 3.05) is 0 Å². The second kappa shape index (κ2) is 5.97. The molecular weight excluding hydrogens is 360 g/mol. The number of nitrogens with one attached hydrogen (secondary N) is 1. The fourth-order valence-corrected chi connectivity index (χ4v) is 3.18. The Morgan fingerprint density at radius 1 is 1.44 bits per heavy atom. The van der Waals surface area contributed by atoms with Gasteiger partial charge in [-0.3, -0.25) is 16.0 Å². The van der Waals surface area contributed by atoms with E-state index < -0.39 is 0 Å². The summed E-state index contributed by atoms with van der Waals surface area (Å²) in [6.45, 7) is 0. The van der Waals surface area contributed by atoms with Crippen LogP contribution in [0.2, 0.25) is 0 Å². The maximum Gasteiger partial charge on any atom is 0.0522 e. The van der Waals surface area contributed by atoms with Crippen LogP contribution in [0.4, 0.5) is 0 Å². The molecule has 2 rings (SSSR count). The second-order valence-corrected chi connectivity index (χ2v) is 5.88. The van der Waals surface area contributed by atoms with Gasteiger partial charge in [0.15, 0.2) is 0 Å². The highest BCUT2D eigenvalue weighted by atomic mass is 79.9. The zero-order chi connectivity index (χ0) is 13.1. The average molecular weight is 374 g/mol. The van der Waals surface area contributed by atoms with Crippen molar-refractivity contribution in [2.24, 2.45) is 12.9 Å². The van der Waals surface area contributed by atoms with Crippen LogP contribution in [0.3, 0.4) is 0 Å². The Morgan fingerprint density at radius 2 is 2.22 bits per heavy atom. The first-order valence-corrected chi connectivity index (χ1v) is 7.07. The molecule has 0 spiro atoms. The number of aryl methyl sites for hydroxylation is 1. The third kappa shape index (κ3) is 3.20. The average Bonchev–Trinajstić information content (AvgIpc) is 2.72. The van der Waals surface area contributed by atoms with Gasteiger partial charge in [0.1, 0.15) is 0 Å². The van der Waals surface area contributed by atoms with Crippen molar-refractivity contribution in [2.45, 2.75) is 12.5 Å². The first kappa shape index (κ1) is 13.7. The van der Waals surface area contributed by atoms with E-state index >= 15 is 0 Å². The third-order valence-electron chi connectivity index (χ3n) is 2.74. The first-order chi connectivity index (χ1) is 8.60. The van der Waals surface area contributed by atoms with Crippen molar-refractivity contribution in [3.8, 4) is 0 Å². The molecule has 6 heteroatoms. The third-order valence-corrected chi connectivity index (χ3v) is 3.92. The molecule has 1 heterocycles. The van der Waals surface area contributed by atoms with Crippen LogP contribution in [0.5, 0.6) is 0 Å². The minimum absolute atomic E-state index is 0.0525. The Labute approximate surface area is 123 Å². The van der Waals surface area contributed by atoms with E-state index in [2.05, 4.69) is 48.5 Å². The Bertz CT molecular complexity index is 539. The first-order valence-electron chi connectivity index (χ1n) is 5.48. The molecule has 1 atom stereocenters. The van der Waals surface area contributed by atoms with Crippen LogP contribution in [0.1, 0.15) is 17.2 Å². The quantitative estimate of drug-likeness (QED) is 0.639. The molecule has 0 saturated carbocycles. The molecule has 0 saturated heterocycles. The summed E-state index contributed by atoms with van der Waals surface area (Å²) in [7, 11) is 1.91. The molecule has 18 heavy (non-hydrogen) atoms. The van der Waals surface area contributed by atoms with Gasteiger partial charge < -0.3 is 0 Å². The van der Waals surface area contributed by atoms with Gasteiger partial charge in [0.05, 0.1) is 12.2 Å². The van der Waals surface area contributed by atoms with E-state index in [1.807, 2.05) is 31.6 Å². The van der Waals surface area contributed by atoms with Crippen LogP contribution >= 0.6 is 31.9 Å². The molecule has 4 nitrogen and oxygen atoms in total. The van der Waals surface area contributed by atoms with Crippen LogP contribution in [0, 0.1) is 0 Å². The monoisotopic (exact) mass is 372 g/mol. The molecule has 0 amide bonds. The van der Waals surface area contributed by atoms with Gasteiger partial charge in [-0.2, -0.15) is 5.10 Å². The topological polar surface area (TPSA) is 55.9 Å². The number of hydrazine groups is 1. The van der Waals surface area contributed by atoms with Crippen molar-refractivity contribution < 1.29 is 0 Å². The van der Waals surface area contributed by atoms with Crippen molar-refractivity contribution >= 4 is 31.9 Å². The molecule has 96 valence electrons. The summed E-state index contributed by atoms with van der Waals surface area (Å²) in [4.78, 5) is 0. The van der Waals surface area contributed by atoms with Crippen molar-refractivity contribution in [3.63, 3.8) is 0 Å². The van der Waals surface area contributed by atoms with Gasteiger partial charge >= 0.3 is 0 Å². The molecule has 1 aromatic carbocycles. The lowest BCUT2D eigenvalue weighted by atomic mass is 10.0. The number of nitrogens with two attached hydrogens (primary N) is 1. The zero-order valence-corrected chi connectivity index (χ0v) is 13.1. The van der Waals surface area contributed by atoms with E-state index in [1.165, 1.54) is 0 Å². The van der Waals surface area contributed by atoms with Gasteiger partial charge in [-0.25, -0.2) is 0 Å². The van der Waals surface area contributed by atoms with Gasteiger partial charge in [0.25, 0.3) is 0 Å². The molecule has 3 N–H and O–H groups in total. The van der Waals surface area contributed by atoms with Gasteiger partial charge in [-0.1, -0.05) is 37.9 Å². The maximum absolute atomic E-state index is 5.66. The summed E-state index contributed by atoms with van der Waals surface area (Å²) < 4.78 is 3.86. The van der Waals surface area contributed by atoms with E-state index in [0.29, 0.717) is 0 Å². The summed E-state index contributed by atoms with van der Waals surface area (Å²) in [5, 5.41) is 4.16. The van der Waals surface area contributed by atoms with E-state index in [4.69, 9.17) is 5.84 Å². The maximum atomic E-state index is 5.66.